The van der Waals surface area contributed by atoms with Crippen molar-refractivity contribution in [2.45, 2.75) is 32.2 Å². The van der Waals surface area contributed by atoms with E-state index < -0.39 is 0 Å². The molecule has 0 aliphatic carbocycles. The smallest absolute Gasteiger partial charge is 0.0491 e. The van der Waals surface area contributed by atoms with E-state index >= 15 is 0 Å². The molecule has 0 spiro atoms. The van der Waals surface area contributed by atoms with Crippen LogP contribution in [0.15, 0.2) is 79.4 Å². The van der Waals surface area contributed by atoms with Crippen LogP contribution in [0.5, 0.6) is 0 Å². The third kappa shape index (κ3) is 3.30. The minimum Gasteiger partial charge on any atom is -0.340 e. The lowest BCUT2D eigenvalue weighted by Gasteiger charge is -2.08. The molecule has 0 unspecified atom stereocenters. The molecule has 0 atom stereocenters. The number of para-hydroxylation sites is 2. The molecule has 0 amide bonds. The average molecular weight is 339 g/mol. The van der Waals surface area contributed by atoms with E-state index in [0.717, 1.165) is 13.0 Å². The van der Waals surface area contributed by atoms with E-state index in [0.29, 0.717) is 0 Å². The third-order valence-corrected chi connectivity index (χ3v) is 5.24. The first-order chi connectivity index (χ1) is 12.9. The van der Waals surface area contributed by atoms with Crippen LogP contribution in [-0.4, -0.2) is 4.57 Å². The van der Waals surface area contributed by atoms with E-state index in [4.69, 9.17) is 0 Å². The Hall–Kier alpha value is -2.80. The molecule has 3 aromatic carbocycles. The fourth-order valence-corrected chi connectivity index (χ4v) is 3.84. The largest absolute Gasteiger partial charge is 0.340 e. The van der Waals surface area contributed by atoms with Crippen molar-refractivity contribution in [3.63, 3.8) is 0 Å². The highest BCUT2D eigenvalue weighted by Crippen LogP contribution is 2.29. The minimum atomic E-state index is 1.09. The van der Waals surface area contributed by atoms with Crippen molar-refractivity contribution in [2.75, 3.05) is 0 Å². The van der Waals surface area contributed by atoms with Crippen LogP contribution in [0.1, 0.15) is 30.4 Å². The summed E-state index contributed by atoms with van der Waals surface area (Å²) in [6.07, 6.45) is 6.77. The molecular weight excluding hydrogens is 314 g/mol. The van der Waals surface area contributed by atoms with Crippen molar-refractivity contribution in [1.82, 2.24) is 4.57 Å². The van der Waals surface area contributed by atoms with Crippen molar-refractivity contribution < 1.29 is 0 Å². The van der Waals surface area contributed by atoms with Gasteiger partial charge in [-0.25, -0.2) is 0 Å². The van der Waals surface area contributed by atoms with Gasteiger partial charge < -0.3 is 4.57 Å². The Bertz CT molecular complexity index is 968. The number of fused-ring (bicyclic) bond motifs is 3. The Balaban J connectivity index is 1.40. The number of unbranched alkanes of at least 4 members (excludes halogenated alkanes) is 2. The molecule has 1 heteroatoms. The first-order valence-corrected chi connectivity index (χ1v) is 9.54. The van der Waals surface area contributed by atoms with E-state index in [1.54, 1.807) is 0 Å². The zero-order valence-electron chi connectivity index (χ0n) is 15.2. The van der Waals surface area contributed by atoms with Gasteiger partial charge >= 0.3 is 0 Å². The Morgan fingerprint density at radius 3 is 1.92 bits per heavy atom. The van der Waals surface area contributed by atoms with Gasteiger partial charge in [0, 0.05) is 28.4 Å². The number of hydrogen-bond donors (Lipinski definition) is 0. The van der Waals surface area contributed by atoms with E-state index in [1.165, 1.54) is 52.2 Å². The van der Waals surface area contributed by atoms with Crippen LogP contribution in [0, 0.1) is 0 Å². The third-order valence-electron chi connectivity index (χ3n) is 5.24. The first kappa shape index (κ1) is 16.7. The van der Waals surface area contributed by atoms with Crippen molar-refractivity contribution in [1.29, 1.82) is 0 Å². The van der Waals surface area contributed by atoms with Gasteiger partial charge in [0.25, 0.3) is 0 Å². The summed E-state index contributed by atoms with van der Waals surface area (Å²) >= 11 is 0. The van der Waals surface area contributed by atoms with Crippen LogP contribution in [0.4, 0.5) is 0 Å². The van der Waals surface area contributed by atoms with Gasteiger partial charge in [-0.2, -0.15) is 0 Å². The number of rotatable bonds is 7. The predicted molar refractivity (Wildman–Crippen MR) is 114 cm³/mol. The molecule has 1 aromatic heterocycles. The van der Waals surface area contributed by atoms with E-state index in [1.807, 2.05) is 6.08 Å². The van der Waals surface area contributed by atoms with Crippen LogP contribution in [0.3, 0.4) is 0 Å². The standard InChI is InChI=1S/C25H25N/c1-2-20-15-17-21(18-16-20)10-4-3-9-19-26-24-13-7-5-11-22(24)23-12-6-8-14-25(23)26/h2,5-8,11-18H,1,3-4,9-10,19H2. The number of aryl methyl sites for hydroxylation is 2. The summed E-state index contributed by atoms with van der Waals surface area (Å²) < 4.78 is 2.49. The molecule has 0 saturated heterocycles. The second-order valence-corrected chi connectivity index (χ2v) is 6.94. The van der Waals surface area contributed by atoms with Gasteiger partial charge in [0.1, 0.15) is 0 Å². The zero-order valence-corrected chi connectivity index (χ0v) is 15.2. The van der Waals surface area contributed by atoms with Crippen molar-refractivity contribution in [3.05, 3.63) is 90.5 Å². The maximum absolute atomic E-state index is 3.81. The first-order valence-electron chi connectivity index (χ1n) is 9.54. The maximum atomic E-state index is 3.81. The lowest BCUT2D eigenvalue weighted by atomic mass is 10.1. The number of benzene rings is 3. The Kier molecular flexibility index (Phi) is 4.88. The summed E-state index contributed by atoms with van der Waals surface area (Å²) in [5.41, 5.74) is 5.33. The minimum absolute atomic E-state index is 1.09. The number of hydrogen-bond acceptors (Lipinski definition) is 0. The molecular formula is C25H25N. The summed E-state index contributed by atoms with van der Waals surface area (Å²) in [7, 11) is 0. The molecule has 0 radical (unpaired) electrons. The van der Waals surface area contributed by atoms with Gasteiger partial charge in [-0.3, -0.25) is 0 Å². The normalized spacial score (nSPS) is 11.2. The average Bonchev–Trinajstić information content (AvgIpc) is 3.02. The molecule has 0 saturated carbocycles. The van der Waals surface area contributed by atoms with Gasteiger partial charge in [-0.15, -0.1) is 0 Å². The topological polar surface area (TPSA) is 4.93 Å². The Morgan fingerprint density at radius 2 is 1.31 bits per heavy atom. The van der Waals surface area contributed by atoms with Crippen molar-refractivity contribution in [2.24, 2.45) is 0 Å². The molecule has 4 aromatic rings. The molecule has 0 N–H and O–H groups in total. The van der Waals surface area contributed by atoms with Crippen LogP contribution in [0.25, 0.3) is 27.9 Å². The molecule has 26 heavy (non-hydrogen) atoms. The fourth-order valence-electron chi connectivity index (χ4n) is 3.84. The summed E-state index contributed by atoms with van der Waals surface area (Å²) in [6.45, 7) is 4.90. The van der Waals surface area contributed by atoms with Crippen molar-refractivity contribution >= 4 is 27.9 Å². The fraction of sp³-hybridized carbons (Fsp3) is 0.200. The quantitative estimate of drug-likeness (QED) is 0.324. The van der Waals surface area contributed by atoms with E-state index in [9.17, 15) is 0 Å². The summed E-state index contributed by atoms with van der Waals surface area (Å²) in [4.78, 5) is 0. The molecule has 1 heterocycles. The molecule has 0 bridgehead atoms. The lowest BCUT2D eigenvalue weighted by Crippen LogP contribution is -1.98. The van der Waals surface area contributed by atoms with Crippen molar-refractivity contribution in [3.8, 4) is 0 Å². The molecule has 1 nitrogen and oxygen atoms in total. The van der Waals surface area contributed by atoms with Gasteiger partial charge in [-0.1, -0.05) is 79.7 Å². The summed E-state index contributed by atoms with van der Waals surface area (Å²) in [5.74, 6) is 0. The molecule has 0 aliphatic rings. The lowest BCUT2D eigenvalue weighted by molar-refractivity contribution is 0.608. The van der Waals surface area contributed by atoms with E-state index in [2.05, 4.69) is 83.9 Å². The molecule has 0 fully saturated rings. The van der Waals surface area contributed by atoms with Crippen LogP contribution < -0.4 is 0 Å². The predicted octanol–water partition coefficient (Wildman–Crippen LogP) is 6.85. The second-order valence-electron chi connectivity index (χ2n) is 6.94. The molecule has 4 rings (SSSR count). The SMILES string of the molecule is C=Cc1ccc(CCCCCn2c3ccccc3c3ccccc32)cc1. The van der Waals surface area contributed by atoms with E-state index in [-0.39, 0.29) is 0 Å². The summed E-state index contributed by atoms with van der Waals surface area (Å²) in [6, 6.07) is 26.3. The van der Waals surface area contributed by atoms with Gasteiger partial charge in [0.2, 0.25) is 0 Å². The highest BCUT2D eigenvalue weighted by molar-refractivity contribution is 6.07. The Labute approximate surface area is 155 Å². The van der Waals surface area contributed by atoms with Gasteiger partial charge in [-0.05, 0) is 42.5 Å². The highest BCUT2D eigenvalue weighted by atomic mass is 15.0. The monoisotopic (exact) mass is 339 g/mol. The van der Waals surface area contributed by atoms with Gasteiger partial charge in [0.05, 0.1) is 0 Å². The number of nitrogens with zero attached hydrogens (tertiary/aromatic N) is 1. The maximum Gasteiger partial charge on any atom is 0.0491 e. The highest BCUT2D eigenvalue weighted by Gasteiger charge is 2.08. The summed E-state index contributed by atoms with van der Waals surface area (Å²) in [5, 5.41) is 2.73. The Morgan fingerprint density at radius 1 is 0.692 bits per heavy atom. The number of aromatic nitrogens is 1. The van der Waals surface area contributed by atoms with Crippen LogP contribution >= 0.6 is 0 Å². The second kappa shape index (κ2) is 7.61. The van der Waals surface area contributed by atoms with Crippen LogP contribution in [0.2, 0.25) is 0 Å². The zero-order chi connectivity index (χ0) is 17.8. The molecule has 0 aliphatic heterocycles. The molecule has 130 valence electrons. The van der Waals surface area contributed by atoms with Crippen LogP contribution in [-0.2, 0) is 13.0 Å². The van der Waals surface area contributed by atoms with Gasteiger partial charge in [0.15, 0.2) is 0 Å².